The molecule has 0 aromatic heterocycles. The van der Waals surface area contributed by atoms with Crippen molar-refractivity contribution < 1.29 is 19.1 Å². The van der Waals surface area contributed by atoms with Crippen molar-refractivity contribution >= 4 is 35.0 Å². The van der Waals surface area contributed by atoms with Gasteiger partial charge in [0.1, 0.15) is 6.04 Å². The molecule has 0 saturated carbocycles. The highest BCUT2D eigenvalue weighted by atomic mass is 35.5. The summed E-state index contributed by atoms with van der Waals surface area (Å²) in [5.41, 5.74) is 1.58. The molecule has 0 bridgehead atoms. The first-order valence-corrected chi connectivity index (χ1v) is 13.4. The van der Waals surface area contributed by atoms with Crippen LogP contribution >= 0.6 is 23.2 Å². The van der Waals surface area contributed by atoms with Gasteiger partial charge in [0, 0.05) is 35.1 Å². The molecule has 2 amide bonds. The summed E-state index contributed by atoms with van der Waals surface area (Å²) in [4.78, 5) is 28.2. The van der Waals surface area contributed by atoms with Gasteiger partial charge in [-0.25, -0.2) is 0 Å². The molecule has 1 unspecified atom stereocenters. The number of hydrogen-bond acceptors (Lipinski definition) is 4. The highest BCUT2D eigenvalue weighted by Crippen LogP contribution is 2.30. The third kappa shape index (κ3) is 8.59. The van der Waals surface area contributed by atoms with Gasteiger partial charge in [-0.15, -0.1) is 0 Å². The standard InChI is InChI=1S/C28H38Cl2N2O4/c1-6-24(28(34)31-17-19(4)5)32(18-21-22(29)10-9-11-23(21)30)27(33)15-13-20-12-14-25(35-7-2)26(16-20)36-8-3/h9-12,14,16,19,24H,6-8,13,15,17-18H2,1-5H3,(H,31,34). The Morgan fingerprint density at radius 1 is 0.972 bits per heavy atom. The molecule has 2 rings (SSSR count). The smallest absolute Gasteiger partial charge is 0.242 e. The van der Waals surface area contributed by atoms with Gasteiger partial charge in [-0.2, -0.15) is 0 Å². The predicted molar refractivity (Wildman–Crippen MR) is 146 cm³/mol. The Balaban J connectivity index is 2.28. The van der Waals surface area contributed by atoms with Crippen LogP contribution in [0.3, 0.4) is 0 Å². The molecule has 0 saturated heterocycles. The minimum Gasteiger partial charge on any atom is -0.490 e. The summed E-state index contributed by atoms with van der Waals surface area (Å²) in [6.45, 7) is 11.5. The first-order valence-electron chi connectivity index (χ1n) is 12.6. The molecule has 0 radical (unpaired) electrons. The van der Waals surface area contributed by atoms with Crippen molar-refractivity contribution in [3.63, 3.8) is 0 Å². The van der Waals surface area contributed by atoms with Gasteiger partial charge >= 0.3 is 0 Å². The Labute approximate surface area is 225 Å². The third-order valence-electron chi connectivity index (χ3n) is 5.70. The second-order valence-electron chi connectivity index (χ2n) is 8.93. The number of ether oxygens (including phenoxy) is 2. The van der Waals surface area contributed by atoms with Crippen LogP contribution in [0.15, 0.2) is 36.4 Å². The number of carbonyl (C=O) groups is 2. The van der Waals surface area contributed by atoms with Crippen LogP contribution in [-0.2, 0) is 22.6 Å². The minimum absolute atomic E-state index is 0.149. The normalized spacial score (nSPS) is 11.8. The monoisotopic (exact) mass is 536 g/mol. The SMILES string of the molecule is CCOc1ccc(CCC(=O)N(Cc2c(Cl)cccc2Cl)C(CC)C(=O)NCC(C)C)cc1OCC. The summed E-state index contributed by atoms with van der Waals surface area (Å²) in [7, 11) is 0. The van der Waals surface area contributed by atoms with Gasteiger partial charge in [0.15, 0.2) is 11.5 Å². The lowest BCUT2D eigenvalue weighted by atomic mass is 10.1. The van der Waals surface area contributed by atoms with Crippen molar-refractivity contribution in [1.29, 1.82) is 0 Å². The summed E-state index contributed by atoms with van der Waals surface area (Å²) in [5.74, 6) is 1.31. The van der Waals surface area contributed by atoms with Gasteiger partial charge in [-0.3, -0.25) is 9.59 Å². The van der Waals surface area contributed by atoms with Crippen molar-refractivity contribution in [2.24, 2.45) is 5.92 Å². The van der Waals surface area contributed by atoms with Crippen molar-refractivity contribution in [2.45, 2.75) is 66.5 Å². The number of amides is 2. The van der Waals surface area contributed by atoms with Crippen LogP contribution in [0.2, 0.25) is 10.0 Å². The van der Waals surface area contributed by atoms with E-state index < -0.39 is 6.04 Å². The lowest BCUT2D eigenvalue weighted by Gasteiger charge is -2.31. The molecule has 2 aromatic rings. The molecule has 0 aliphatic carbocycles. The summed E-state index contributed by atoms with van der Waals surface area (Å²) >= 11 is 12.8. The first kappa shape index (κ1) is 29.8. The number of benzene rings is 2. The molecule has 0 aliphatic heterocycles. The molecular weight excluding hydrogens is 499 g/mol. The molecule has 1 N–H and O–H groups in total. The molecule has 0 spiro atoms. The maximum absolute atomic E-state index is 13.6. The van der Waals surface area contributed by atoms with E-state index in [0.29, 0.717) is 65.6 Å². The summed E-state index contributed by atoms with van der Waals surface area (Å²) in [5, 5.41) is 3.89. The van der Waals surface area contributed by atoms with Gasteiger partial charge < -0.3 is 19.7 Å². The highest BCUT2D eigenvalue weighted by Gasteiger charge is 2.29. The van der Waals surface area contributed by atoms with Gasteiger partial charge in [-0.05, 0) is 62.4 Å². The van der Waals surface area contributed by atoms with E-state index >= 15 is 0 Å². The molecule has 36 heavy (non-hydrogen) atoms. The third-order valence-corrected chi connectivity index (χ3v) is 6.40. The van der Waals surface area contributed by atoms with E-state index in [1.807, 2.05) is 52.8 Å². The molecule has 1 atom stereocenters. The topological polar surface area (TPSA) is 67.9 Å². The first-order chi connectivity index (χ1) is 17.2. The Hall–Kier alpha value is -2.44. The van der Waals surface area contributed by atoms with Gasteiger partial charge in [0.2, 0.25) is 11.8 Å². The van der Waals surface area contributed by atoms with E-state index in [-0.39, 0.29) is 24.8 Å². The fraction of sp³-hybridized carbons (Fsp3) is 0.500. The Bertz CT molecular complexity index is 993. The summed E-state index contributed by atoms with van der Waals surface area (Å²) in [6, 6.07) is 10.3. The van der Waals surface area contributed by atoms with Crippen molar-refractivity contribution in [2.75, 3.05) is 19.8 Å². The summed E-state index contributed by atoms with van der Waals surface area (Å²) in [6.07, 6.45) is 1.17. The van der Waals surface area contributed by atoms with Gasteiger partial charge in [-0.1, -0.05) is 56.1 Å². The molecular formula is C28H38Cl2N2O4. The largest absolute Gasteiger partial charge is 0.490 e. The van der Waals surface area contributed by atoms with Crippen molar-refractivity contribution in [3.8, 4) is 11.5 Å². The van der Waals surface area contributed by atoms with E-state index in [0.717, 1.165) is 5.56 Å². The maximum atomic E-state index is 13.6. The Morgan fingerprint density at radius 2 is 1.61 bits per heavy atom. The van der Waals surface area contributed by atoms with Crippen molar-refractivity contribution in [3.05, 3.63) is 57.6 Å². The van der Waals surface area contributed by atoms with Crippen LogP contribution in [-0.4, -0.2) is 42.5 Å². The molecule has 198 valence electrons. The lowest BCUT2D eigenvalue weighted by Crippen LogP contribution is -2.49. The molecule has 0 fully saturated rings. The quantitative estimate of drug-likeness (QED) is 0.307. The Kier molecular flexibility index (Phi) is 12.4. The molecule has 8 heteroatoms. The van der Waals surface area contributed by atoms with Crippen LogP contribution in [0, 0.1) is 5.92 Å². The zero-order chi connectivity index (χ0) is 26.7. The minimum atomic E-state index is -0.636. The van der Waals surface area contributed by atoms with Gasteiger partial charge in [0.25, 0.3) is 0 Å². The Morgan fingerprint density at radius 3 is 2.19 bits per heavy atom. The number of hydrogen-bond donors (Lipinski definition) is 1. The number of aryl methyl sites for hydroxylation is 1. The number of halogens is 2. The second kappa shape index (κ2) is 15.0. The van der Waals surface area contributed by atoms with Crippen LogP contribution in [0.25, 0.3) is 0 Å². The van der Waals surface area contributed by atoms with Crippen LogP contribution < -0.4 is 14.8 Å². The van der Waals surface area contributed by atoms with E-state index in [1.165, 1.54) is 0 Å². The predicted octanol–water partition coefficient (Wildman–Crippen LogP) is 6.30. The van der Waals surface area contributed by atoms with E-state index in [2.05, 4.69) is 5.32 Å². The zero-order valence-electron chi connectivity index (χ0n) is 21.9. The zero-order valence-corrected chi connectivity index (χ0v) is 23.4. The summed E-state index contributed by atoms with van der Waals surface area (Å²) < 4.78 is 11.4. The number of carbonyl (C=O) groups excluding carboxylic acids is 2. The van der Waals surface area contributed by atoms with Crippen LogP contribution in [0.1, 0.15) is 58.6 Å². The number of rotatable bonds is 14. The van der Waals surface area contributed by atoms with E-state index in [1.54, 1.807) is 23.1 Å². The van der Waals surface area contributed by atoms with E-state index in [4.69, 9.17) is 32.7 Å². The maximum Gasteiger partial charge on any atom is 0.242 e. The van der Waals surface area contributed by atoms with Crippen molar-refractivity contribution in [1.82, 2.24) is 10.2 Å². The number of nitrogens with one attached hydrogen (secondary N) is 1. The van der Waals surface area contributed by atoms with E-state index in [9.17, 15) is 9.59 Å². The molecule has 2 aromatic carbocycles. The molecule has 0 aliphatic rings. The highest BCUT2D eigenvalue weighted by molar-refractivity contribution is 6.36. The fourth-order valence-electron chi connectivity index (χ4n) is 3.84. The van der Waals surface area contributed by atoms with Gasteiger partial charge in [0.05, 0.1) is 13.2 Å². The van der Waals surface area contributed by atoms with Crippen LogP contribution in [0.5, 0.6) is 11.5 Å². The molecule has 0 heterocycles. The number of nitrogens with zero attached hydrogens (tertiary/aromatic N) is 1. The average molecular weight is 538 g/mol. The molecule has 6 nitrogen and oxygen atoms in total. The average Bonchev–Trinajstić information content (AvgIpc) is 2.84. The van der Waals surface area contributed by atoms with Crippen LogP contribution in [0.4, 0.5) is 0 Å². The second-order valence-corrected chi connectivity index (χ2v) is 9.75. The fourth-order valence-corrected chi connectivity index (χ4v) is 4.36. The lowest BCUT2D eigenvalue weighted by molar-refractivity contribution is -0.141.